The Bertz CT molecular complexity index is 1300. The van der Waals surface area contributed by atoms with Crippen molar-refractivity contribution < 1.29 is 14.3 Å². The SMILES string of the molecule is Cn1c(CN2CCC(C3CC=CC4=C3OC[C@H](c3ccc(Cl)cc3)O4)CC2)nc2sc(C=O)cc21. The van der Waals surface area contributed by atoms with Crippen LogP contribution >= 0.6 is 22.9 Å². The maximum absolute atomic E-state index is 11.1. The van der Waals surface area contributed by atoms with E-state index in [2.05, 4.69) is 21.6 Å². The summed E-state index contributed by atoms with van der Waals surface area (Å²) in [6, 6.07) is 9.74. The van der Waals surface area contributed by atoms with Crippen molar-refractivity contribution in [3.63, 3.8) is 0 Å². The molecule has 0 spiro atoms. The molecule has 6 nitrogen and oxygen atoms in total. The highest BCUT2D eigenvalue weighted by Gasteiger charge is 2.36. The first-order chi connectivity index (χ1) is 17.1. The fourth-order valence-electron chi connectivity index (χ4n) is 5.52. The van der Waals surface area contributed by atoms with Gasteiger partial charge in [0.15, 0.2) is 18.1 Å². The van der Waals surface area contributed by atoms with Crippen LogP contribution in [0.25, 0.3) is 10.3 Å². The molecule has 0 N–H and O–H groups in total. The first-order valence-corrected chi connectivity index (χ1v) is 13.4. The lowest BCUT2D eigenvalue weighted by atomic mass is 9.79. The third-order valence-corrected chi connectivity index (χ3v) is 8.71. The van der Waals surface area contributed by atoms with Crippen molar-refractivity contribution >= 4 is 39.6 Å². The molecule has 1 aliphatic carbocycles. The summed E-state index contributed by atoms with van der Waals surface area (Å²) in [5.41, 5.74) is 2.13. The number of fused-ring (bicyclic) bond motifs is 1. The van der Waals surface area contributed by atoms with Gasteiger partial charge in [0.1, 0.15) is 23.0 Å². The molecular formula is C27H28ClN3O3S. The fourth-order valence-corrected chi connectivity index (χ4v) is 6.54. The quantitative estimate of drug-likeness (QED) is 0.401. The summed E-state index contributed by atoms with van der Waals surface area (Å²) in [5.74, 6) is 3.94. The minimum absolute atomic E-state index is 0.105. The van der Waals surface area contributed by atoms with Crippen LogP contribution < -0.4 is 0 Å². The van der Waals surface area contributed by atoms with Gasteiger partial charge in [-0.3, -0.25) is 9.69 Å². The molecule has 1 fully saturated rings. The van der Waals surface area contributed by atoms with Crippen LogP contribution in [0.15, 0.2) is 54.0 Å². The number of ether oxygens (including phenoxy) is 2. The molecule has 0 saturated carbocycles. The molecule has 6 rings (SSSR count). The zero-order chi connectivity index (χ0) is 23.9. The first kappa shape index (κ1) is 22.8. The first-order valence-electron chi connectivity index (χ1n) is 12.2. The lowest BCUT2D eigenvalue weighted by Gasteiger charge is -2.39. The van der Waals surface area contributed by atoms with Gasteiger partial charge in [0, 0.05) is 18.0 Å². The Morgan fingerprint density at radius 1 is 1.23 bits per heavy atom. The number of carbonyl (C=O) groups is 1. The Hall–Kier alpha value is -2.61. The van der Waals surface area contributed by atoms with Gasteiger partial charge >= 0.3 is 0 Å². The van der Waals surface area contributed by atoms with E-state index in [4.69, 9.17) is 26.1 Å². The number of imidazole rings is 1. The lowest BCUT2D eigenvalue weighted by Crippen LogP contribution is -2.38. The molecule has 1 unspecified atom stereocenters. The number of likely N-dealkylation sites (tertiary alicyclic amines) is 1. The summed E-state index contributed by atoms with van der Waals surface area (Å²) in [4.78, 5) is 20.0. The second kappa shape index (κ2) is 9.45. The van der Waals surface area contributed by atoms with Crippen LogP contribution in [0.3, 0.4) is 0 Å². The minimum atomic E-state index is -0.105. The largest absolute Gasteiger partial charge is 0.490 e. The van der Waals surface area contributed by atoms with Crippen molar-refractivity contribution in [1.29, 1.82) is 0 Å². The normalized spacial score (nSPS) is 23.3. The molecule has 182 valence electrons. The zero-order valence-corrected chi connectivity index (χ0v) is 21.2. The van der Waals surface area contributed by atoms with Gasteiger partial charge in [0.05, 0.1) is 16.9 Å². The van der Waals surface area contributed by atoms with E-state index in [1.165, 1.54) is 11.3 Å². The Balaban J connectivity index is 1.09. The number of aldehydes is 1. The van der Waals surface area contributed by atoms with Crippen LogP contribution in [0, 0.1) is 11.8 Å². The average molecular weight is 510 g/mol. The third kappa shape index (κ3) is 4.41. The fraction of sp³-hybridized carbons (Fsp3) is 0.407. The summed E-state index contributed by atoms with van der Waals surface area (Å²) < 4.78 is 14.8. The average Bonchev–Trinajstić information content (AvgIpc) is 3.43. The molecule has 8 heteroatoms. The van der Waals surface area contributed by atoms with Crippen molar-refractivity contribution in [2.75, 3.05) is 19.7 Å². The van der Waals surface area contributed by atoms with Crippen molar-refractivity contribution in [3.8, 4) is 0 Å². The summed E-state index contributed by atoms with van der Waals surface area (Å²) in [7, 11) is 2.04. The second-order valence-corrected chi connectivity index (χ2v) is 11.1. The molecule has 2 atom stereocenters. The van der Waals surface area contributed by atoms with E-state index in [9.17, 15) is 4.79 Å². The molecule has 0 radical (unpaired) electrons. The van der Waals surface area contributed by atoms with Crippen molar-refractivity contribution in [2.45, 2.75) is 31.9 Å². The van der Waals surface area contributed by atoms with Crippen molar-refractivity contribution in [2.24, 2.45) is 18.9 Å². The van der Waals surface area contributed by atoms with Gasteiger partial charge in [-0.1, -0.05) is 29.8 Å². The summed E-state index contributed by atoms with van der Waals surface area (Å²) in [6.45, 7) is 3.46. The Morgan fingerprint density at radius 3 is 2.77 bits per heavy atom. The van der Waals surface area contributed by atoms with Crippen LogP contribution in [0.1, 0.15) is 46.4 Å². The van der Waals surface area contributed by atoms with Gasteiger partial charge in [-0.15, -0.1) is 11.3 Å². The van der Waals surface area contributed by atoms with E-state index in [1.54, 1.807) is 0 Å². The van der Waals surface area contributed by atoms with E-state index in [-0.39, 0.29) is 6.10 Å². The lowest BCUT2D eigenvalue weighted by molar-refractivity contribution is -0.0215. The van der Waals surface area contributed by atoms with Gasteiger partial charge < -0.3 is 14.0 Å². The summed E-state index contributed by atoms with van der Waals surface area (Å²) in [6.07, 6.45) is 8.38. The van der Waals surface area contributed by atoms with Gasteiger partial charge in [-0.2, -0.15) is 0 Å². The number of nitrogens with zero attached hydrogens (tertiary/aromatic N) is 3. The molecule has 3 aromatic rings. The highest BCUT2D eigenvalue weighted by Crippen LogP contribution is 2.42. The monoisotopic (exact) mass is 509 g/mol. The number of hydrogen-bond donors (Lipinski definition) is 0. The van der Waals surface area contributed by atoms with E-state index >= 15 is 0 Å². The number of halogens is 1. The number of hydrogen-bond acceptors (Lipinski definition) is 6. The van der Waals surface area contributed by atoms with E-state index < -0.39 is 0 Å². The molecule has 0 amide bonds. The third-order valence-electron chi connectivity index (χ3n) is 7.51. The Morgan fingerprint density at radius 2 is 2.03 bits per heavy atom. The second-order valence-electron chi connectivity index (χ2n) is 9.60. The molecule has 1 aromatic carbocycles. The minimum Gasteiger partial charge on any atom is -0.490 e. The highest BCUT2D eigenvalue weighted by molar-refractivity contribution is 7.20. The van der Waals surface area contributed by atoms with Crippen LogP contribution in [-0.4, -0.2) is 40.4 Å². The molecule has 2 aliphatic heterocycles. The van der Waals surface area contributed by atoms with E-state index in [0.29, 0.717) is 18.4 Å². The smallest absolute Gasteiger partial charge is 0.160 e. The molecular weight excluding hydrogens is 482 g/mol. The number of aromatic nitrogens is 2. The molecule has 35 heavy (non-hydrogen) atoms. The van der Waals surface area contributed by atoms with Crippen LogP contribution in [0.2, 0.25) is 5.02 Å². The predicted molar refractivity (Wildman–Crippen MR) is 137 cm³/mol. The number of benzene rings is 1. The number of piperidine rings is 1. The number of aryl methyl sites for hydroxylation is 1. The molecule has 4 heterocycles. The zero-order valence-electron chi connectivity index (χ0n) is 19.7. The van der Waals surface area contributed by atoms with Gasteiger partial charge in [-0.05, 0) is 68.1 Å². The summed E-state index contributed by atoms with van der Waals surface area (Å²) in [5, 5.41) is 0.726. The van der Waals surface area contributed by atoms with Crippen LogP contribution in [0.4, 0.5) is 0 Å². The Labute approximate surface area is 213 Å². The molecule has 0 bridgehead atoms. The number of carbonyl (C=O) groups excluding carboxylic acids is 1. The number of rotatable bonds is 5. The van der Waals surface area contributed by atoms with Gasteiger partial charge in [0.25, 0.3) is 0 Å². The topological polar surface area (TPSA) is 56.6 Å². The van der Waals surface area contributed by atoms with Gasteiger partial charge in [0.2, 0.25) is 0 Å². The number of thiophene rings is 1. The summed E-state index contributed by atoms with van der Waals surface area (Å²) >= 11 is 7.50. The molecule has 2 aromatic heterocycles. The predicted octanol–water partition coefficient (Wildman–Crippen LogP) is 5.89. The van der Waals surface area contributed by atoms with E-state index in [1.807, 2.05) is 37.4 Å². The Kier molecular flexibility index (Phi) is 6.16. The van der Waals surface area contributed by atoms with Crippen molar-refractivity contribution in [3.05, 3.63) is 75.3 Å². The highest BCUT2D eigenvalue weighted by atomic mass is 35.5. The maximum atomic E-state index is 11.1. The maximum Gasteiger partial charge on any atom is 0.160 e. The van der Waals surface area contributed by atoms with Crippen molar-refractivity contribution in [1.82, 2.24) is 14.5 Å². The van der Waals surface area contributed by atoms with E-state index in [0.717, 1.165) is 88.3 Å². The molecule has 3 aliphatic rings. The number of allylic oxidation sites excluding steroid dienone is 3. The van der Waals surface area contributed by atoms with Gasteiger partial charge in [-0.25, -0.2) is 4.98 Å². The van der Waals surface area contributed by atoms with Crippen LogP contribution in [-0.2, 0) is 23.1 Å². The van der Waals surface area contributed by atoms with Crippen LogP contribution in [0.5, 0.6) is 0 Å². The molecule has 1 saturated heterocycles. The standard InChI is InChI=1S/C27H28ClN3O3S/c1-30-22-13-20(15-32)35-27(22)29-25(30)14-31-11-9-17(10-12-31)21-3-2-4-23-26(21)33-16-24(34-23)18-5-7-19(28)8-6-18/h2,4-8,13,15,17,21,24H,3,9-12,14,16H2,1H3/t21?,24-/m1/s1.